The van der Waals surface area contributed by atoms with E-state index in [1.807, 2.05) is 39.8 Å². The smallest absolute Gasteiger partial charge is 0.00834 e. The Kier molecular flexibility index (Phi) is 16.1. The first-order valence-corrected chi connectivity index (χ1v) is 7.83. The lowest BCUT2D eigenvalue weighted by Gasteiger charge is -2.16. The monoisotopic (exact) mass is 272 g/mol. The fourth-order valence-corrected chi connectivity index (χ4v) is 1.94. The molecular weight excluding hydrogens is 240 g/mol. The maximum absolute atomic E-state index is 3.71. The zero-order chi connectivity index (χ0) is 15.8. The highest BCUT2D eigenvalue weighted by Gasteiger charge is 2.11. The summed E-state index contributed by atoms with van der Waals surface area (Å²) in [6, 6.07) is 10.6. The molecule has 1 rings (SSSR count). The van der Waals surface area contributed by atoms with Crippen molar-refractivity contribution in [1.82, 2.24) is 0 Å². The molecule has 1 unspecified atom stereocenters. The van der Waals surface area contributed by atoms with E-state index in [1.54, 1.807) is 0 Å². The minimum Gasteiger partial charge on any atom is -0.0991 e. The molecule has 0 fully saturated rings. The molecule has 0 nitrogen and oxygen atoms in total. The lowest BCUT2D eigenvalue weighted by atomic mass is 9.88. The summed E-state index contributed by atoms with van der Waals surface area (Å²) in [6.45, 7) is 16.0. The Morgan fingerprint density at radius 2 is 1.65 bits per heavy atom. The van der Waals surface area contributed by atoms with Gasteiger partial charge in [-0.2, -0.15) is 0 Å². The van der Waals surface area contributed by atoms with Crippen molar-refractivity contribution in [3.05, 3.63) is 72.4 Å². The fourth-order valence-electron chi connectivity index (χ4n) is 1.94. The summed E-state index contributed by atoms with van der Waals surface area (Å²) in [5.74, 6) is 0.488. The van der Waals surface area contributed by atoms with Gasteiger partial charge >= 0.3 is 0 Å². The largest absolute Gasteiger partial charge is 0.0991 e. The SMILES string of the molecule is C=C/C=C\C(=C/C)C(CC)c1ccccc1.CC.CC. The van der Waals surface area contributed by atoms with E-state index in [-0.39, 0.29) is 0 Å². The number of hydrogen-bond acceptors (Lipinski definition) is 0. The summed E-state index contributed by atoms with van der Waals surface area (Å²) in [6.07, 6.45) is 9.27. The Hall–Kier alpha value is -1.56. The van der Waals surface area contributed by atoms with E-state index in [4.69, 9.17) is 0 Å². The van der Waals surface area contributed by atoms with Gasteiger partial charge in [0.15, 0.2) is 0 Å². The van der Waals surface area contributed by atoms with E-state index in [0.29, 0.717) is 5.92 Å². The number of benzene rings is 1. The van der Waals surface area contributed by atoms with E-state index in [0.717, 1.165) is 6.42 Å². The topological polar surface area (TPSA) is 0 Å². The quantitative estimate of drug-likeness (QED) is 0.510. The van der Waals surface area contributed by atoms with Crippen molar-refractivity contribution >= 4 is 0 Å². The Balaban J connectivity index is 0. The van der Waals surface area contributed by atoms with Crippen LogP contribution in [0.15, 0.2) is 66.8 Å². The summed E-state index contributed by atoms with van der Waals surface area (Å²) in [4.78, 5) is 0. The molecule has 0 aliphatic carbocycles. The number of rotatable bonds is 5. The molecule has 112 valence electrons. The second-order valence-corrected chi connectivity index (χ2v) is 3.76. The molecule has 1 aromatic rings. The van der Waals surface area contributed by atoms with Crippen molar-refractivity contribution in [3.8, 4) is 0 Å². The van der Waals surface area contributed by atoms with Crippen molar-refractivity contribution in [2.24, 2.45) is 0 Å². The molecule has 0 N–H and O–H groups in total. The molecule has 0 saturated carbocycles. The number of hydrogen-bond donors (Lipinski definition) is 0. The summed E-state index contributed by atoms with van der Waals surface area (Å²) >= 11 is 0. The highest BCUT2D eigenvalue weighted by molar-refractivity contribution is 5.35. The molecule has 0 saturated heterocycles. The van der Waals surface area contributed by atoms with Crippen LogP contribution in [0.25, 0.3) is 0 Å². The first kappa shape index (κ1) is 20.8. The van der Waals surface area contributed by atoms with Crippen LogP contribution in [-0.2, 0) is 0 Å². The lowest BCUT2D eigenvalue weighted by molar-refractivity contribution is 0.775. The molecule has 0 aromatic heterocycles. The summed E-state index contributed by atoms with van der Waals surface area (Å²) < 4.78 is 0. The van der Waals surface area contributed by atoms with E-state index in [1.165, 1.54) is 11.1 Å². The molecule has 0 heterocycles. The third-order valence-corrected chi connectivity index (χ3v) is 2.77. The minimum absolute atomic E-state index is 0.488. The van der Waals surface area contributed by atoms with E-state index >= 15 is 0 Å². The Morgan fingerprint density at radius 3 is 2.05 bits per heavy atom. The van der Waals surface area contributed by atoms with Gasteiger partial charge < -0.3 is 0 Å². The third kappa shape index (κ3) is 7.78. The van der Waals surface area contributed by atoms with Crippen LogP contribution < -0.4 is 0 Å². The maximum Gasteiger partial charge on any atom is 0.00834 e. The van der Waals surface area contributed by atoms with E-state index in [9.17, 15) is 0 Å². The Bertz CT molecular complexity index is 368. The molecular formula is C20H32. The van der Waals surface area contributed by atoms with Crippen LogP contribution in [0.1, 0.15) is 59.4 Å². The average Bonchev–Trinajstić information content (AvgIpc) is 2.56. The van der Waals surface area contributed by atoms with Gasteiger partial charge in [-0.15, -0.1) is 0 Å². The molecule has 1 aromatic carbocycles. The van der Waals surface area contributed by atoms with Crippen LogP contribution in [0.2, 0.25) is 0 Å². The molecule has 0 heteroatoms. The van der Waals surface area contributed by atoms with Gasteiger partial charge in [0.05, 0.1) is 0 Å². The normalized spacial score (nSPS) is 11.8. The molecule has 1 atom stereocenters. The standard InChI is InChI=1S/C16H20.2C2H6/c1-4-7-11-14(5-2)16(6-3)15-12-9-8-10-13-15;2*1-2/h4-5,7-13,16H,1,6H2,2-3H3;2*1-2H3/b11-7-,14-5+;;. The minimum atomic E-state index is 0.488. The third-order valence-electron chi connectivity index (χ3n) is 2.77. The molecule has 0 aliphatic rings. The lowest BCUT2D eigenvalue weighted by Crippen LogP contribution is -1.99. The van der Waals surface area contributed by atoms with Crippen molar-refractivity contribution in [3.63, 3.8) is 0 Å². The second-order valence-electron chi connectivity index (χ2n) is 3.76. The predicted octanol–water partition coefficient (Wildman–Crippen LogP) is 6.92. The van der Waals surface area contributed by atoms with Gasteiger partial charge in [-0.3, -0.25) is 0 Å². The molecule has 20 heavy (non-hydrogen) atoms. The average molecular weight is 272 g/mol. The highest BCUT2D eigenvalue weighted by atomic mass is 14.1. The molecule has 0 bridgehead atoms. The maximum atomic E-state index is 3.71. The first-order chi connectivity index (χ1) is 9.83. The van der Waals surface area contributed by atoms with Gasteiger partial charge in [-0.05, 0) is 24.5 Å². The summed E-state index contributed by atoms with van der Waals surface area (Å²) in [5.41, 5.74) is 2.74. The predicted molar refractivity (Wildman–Crippen MR) is 95.3 cm³/mol. The zero-order valence-electron chi connectivity index (χ0n) is 14.2. The van der Waals surface area contributed by atoms with Crippen LogP contribution in [-0.4, -0.2) is 0 Å². The fraction of sp³-hybridized carbons (Fsp3) is 0.400. The molecule has 0 amide bonds. The zero-order valence-corrected chi connectivity index (χ0v) is 14.2. The van der Waals surface area contributed by atoms with Crippen LogP contribution in [0.4, 0.5) is 0 Å². The highest BCUT2D eigenvalue weighted by Crippen LogP contribution is 2.28. The van der Waals surface area contributed by atoms with Crippen molar-refractivity contribution in [2.75, 3.05) is 0 Å². The van der Waals surface area contributed by atoms with Crippen molar-refractivity contribution < 1.29 is 0 Å². The summed E-state index contributed by atoms with van der Waals surface area (Å²) in [7, 11) is 0. The van der Waals surface area contributed by atoms with Gasteiger partial charge in [0.25, 0.3) is 0 Å². The van der Waals surface area contributed by atoms with Gasteiger partial charge in [0, 0.05) is 5.92 Å². The van der Waals surface area contributed by atoms with E-state index in [2.05, 4.69) is 62.9 Å². The Labute approximate surface area is 126 Å². The first-order valence-electron chi connectivity index (χ1n) is 7.83. The summed E-state index contributed by atoms with van der Waals surface area (Å²) in [5, 5.41) is 0. The number of allylic oxidation sites excluding steroid dienone is 5. The van der Waals surface area contributed by atoms with Crippen LogP contribution in [0.5, 0.6) is 0 Å². The second kappa shape index (κ2) is 15.5. The molecule has 0 radical (unpaired) electrons. The van der Waals surface area contributed by atoms with Gasteiger partial charge in [-0.25, -0.2) is 0 Å². The Morgan fingerprint density at radius 1 is 1.10 bits per heavy atom. The van der Waals surface area contributed by atoms with Gasteiger partial charge in [0.2, 0.25) is 0 Å². The van der Waals surface area contributed by atoms with Crippen molar-refractivity contribution in [1.29, 1.82) is 0 Å². The van der Waals surface area contributed by atoms with Crippen LogP contribution in [0, 0.1) is 0 Å². The van der Waals surface area contributed by atoms with E-state index < -0.39 is 0 Å². The molecule has 0 spiro atoms. The molecule has 0 aliphatic heterocycles. The van der Waals surface area contributed by atoms with Crippen molar-refractivity contribution in [2.45, 2.75) is 53.9 Å². The van der Waals surface area contributed by atoms with Gasteiger partial charge in [-0.1, -0.05) is 95.8 Å². The van der Waals surface area contributed by atoms with Crippen LogP contribution >= 0.6 is 0 Å². The van der Waals surface area contributed by atoms with Gasteiger partial charge in [0.1, 0.15) is 0 Å². The van der Waals surface area contributed by atoms with Crippen LogP contribution in [0.3, 0.4) is 0 Å².